The molecule has 0 spiro atoms. The van der Waals surface area contributed by atoms with Gasteiger partial charge in [0.15, 0.2) is 0 Å². The summed E-state index contributed by atoms with van der Waals surface area (Å²) in [4.78, 5) is 14.4. The number of hydrogen-bond acceptors (Lipinski definition) is 4. The molecule has 3 rings (SSSR count). The number of rotatable bonds is 2. The zero-order valence-corrected chi connectivity index (χ0v) is 12.4. The van der Waals surface area contributed by atoms with Gasteiger partial charge in [-0.1, -0.05) is 12.1 Å². The lowest BCUT2D eigenvalue weighted by Crippen LogP contribution is -2.39. The van der Waals surface area contributed by atoms with Crippen molar-refractivity contribution in [3.05, 3.63) is 35.6 Å². The summed E-state index contributed by atoms with van der Waals surface area (Å²) in [5.41, 5.74) is 12.9. The molecule has 2 heterocycles. The third kappa shape index (κ3) is 3.35. The molecule has 3 atom stereocenters. The van der Waals surface area contributed by atoms with Crippen LogP contribution < -0.4 is 16.6 Å². The normalized spacial score (nSPS) is 28.5. The number of hydrogen-bond donors (Lipinski definition) is 3. The van der Waals surface area contributed by atoms with Crippen molar-refractivity contribution in [2.45, 2.75) is 18.5 Å². The first-order valence-electron chi connectivity index (χ1n) is 6.93. The minimum absolute atomic E-state index is 0. The van der Waals surface area contributed by atoms with E-state index in [1.54, 1.807) is 12.1 Å². The molecule has 1 aromatic rings. The first-order valence-corrected chi connectivity index (χ1v) is 6.93. The number of nitrogens with zero attached hydrogens (tertiary/aromatic N) is 1. The summed E-state index contributed by atoms with van der Waals surface area (Å²) in [6.07, 6.45) is 0.862. The Morgan fingerprint density at radius 2 is 2.05 bits per heavy atom. The molecule has 21 heavy (non-hydrogen) atoms. The van der Waals surface area contributed by atoms with E-state index in [4.69, 9.17) is 5.73 Å². The molecule has 4 N–H and O–H groups in total. The molecule has 1 aromatic carbocycles. The Hall–Kier alpha value is -1.21. The SMILES string of the molecule is Cl.N[C@@H]1CCN(C(=O)C2CNNC2c2ccc(F)cc2)C1. The molecule has 0 radical (unpaired) electrons. The van der Waals surface area contributed by atoms with E-state index >= 15 is 0 Å². The molecule has 2 aliphatic heterocycles. The molecular formula is C14H20ClFN4O. The number of carbonyl (C=O) groups excluding carboxylic acids is 1. The van der Waals surface area contributed by atoms with Gasteiger partial charge >= 0.3 is 0 Å². The van der Waals surface area contributed by atoms with E-state index in [2.05, 4.69) is 10.9 Å². The van der Waals surface area contributed by atoms with Crippen molar-refractivity contribution in [1.29, 1.82) is 0 Å². The van der Waals surface area contributed by atoms with Gasteiger partial charge in [0, 0.05) is 25.7 Å². The van der Waals surface area contributed by atoms with E-state index < -0.39 is 0 Å². The zero-order chi connectivity index (χ0) is 14.1. The van der Waals surface area contributed by atoms with Crippen LogP contribution in [0.25, 0.3) is 0 Å². The molecule has 0 saturated carbocycles. The molecule has 0 bridgehead atoms. The summed E-state index contributed by atoms with van der Waals surface area (Å²) in [7, 11) is 0. The monoisotopic (exact) mass is 314 g/mol. The van der Waals surface area contributed by atoms with Crippen LogP contribution in [0.2, 0.25) is 0 Å². The summed E-state index contributed by atoms with van der Waals surface area (Å²) in [6.45, 7) is 1.94. The first kappa shape index (κ1) is 16.2. The Morgan fingerprint density at radius 3 is 2.67 bits per heavy atom. The topological polar surface area (TPSA) is 70.4 Å². The minimum atomic E-state index is -0.270. The van der Waals surface area contributed by atoms with Gasteiger partial charge in [0.1, 0.15) is 5.82 Å². The smallest absolute Gasteiger partial charge is 0.229 e. The second-order valence-corrected chi connectivity index (χ2v) is 5.49. The number of nitrogens with two attached hydrogens (primary N) is 1. The second-order valence-electron chi connectivity index (χ2n) is 5.49. The Balaban J connectivity index is 0.00000161. The molecule has 0 aliphatic carbocycles. The van der Waals surface area contributed by atoms with Crippen LogP contribution in [0.3, 0.4) is 0 Å². The number of amides is 1. The maximum atomic E-state index is 13.0. The highest BCUT2D eigenvalue weighted by molar-refractivity contribution is 5.85. The number of likely N-dealkylation sites (tertiary alicyclic amines) is 1. The molecule has 116 valence electrons. The van der Waals surface area contributed by atoms with Gasteiger partial charge in [-0.25, -0.2) is 9.82 Å². The average Bonchev–Trinajstić information content (AvgIpc) is 3.07. The number of nitrogens with one attached hydrogen (secondary N) is 2. The molecule has 0 aromatic heterocycles. The van der Waals surface area contributed by atoms with E-state index in [1.807, 2.05) is 4.90 Å². The lowest BCUT2D eigenvalue weighted by Gasteiger charge is -2.24. The maximum Gasteiger partial charge on any atom is 0.229 e. The van der Waals surface area contributed by atoms with Crippen molar-refractivity contribution in [2.24, 2.45) is 11.7 Å². The van der Waals surface area contributed by atoms with Gasteiger partial charge < -0.3 is 10.6 Å². The average molecular weight is 315 g/mol. The van der Waals surface area contributed by atoms with Gasteiger partial charge in [-0.15, -0.1) is 12.4 Å². The summed E-state index contributed by atoms with van der Waals surface area (Å²) >= 11 is 0. The van der Waals surface area contributed by atoms with Crippen LogP contribution in [0.1, 0.15) is 18.0 Å². The zero-order valence-electron chi connectivity index (χ0n) is 11.6. The summed E-state index contributed by atoms with van der Waals surface area (Å²) in [5, 5.41) is 0. The first-order chi connectivity index (χ1) is 9.65. The molecular weight excluding hydrogens is 295 g/mol. The van der Waals surface area contributed by atoms with Crippen LogP contribution in [-0.2, 0) is 4.79 Å². The van der Waals surface area contributed by atoms with Gasteiger partial charge in [0.05, 0.1) is 12.0 Å². The van der Waals surface area contributed by atoms with E-state index in [9.17, 15) is 9.18 Å². The van der Waals surface area contributed by atoms with Crippen molar-refractivity contribution in [2.75, 3.05) is 19.6 Å². The molecule has 2 saturated heterocycles. The van der Waals surface area contributed by atoms with Crippen molar-refractivity contribution in [3.63, 3.8) is 0 Å². The highest BCUT2D eigenvalue weighted by Crippen LogP contribution is 2.27. The van der Waals surface area contributed by atoms with Gasteiger partial charge in [-0.3, -0.25) is 10.2 Å². The van der Waals surface area contributed by atoms with Crippen LogP contribution in [0.4, 0.5) is 4.39 Å². The predicted octanol–water partition coefficient (Wildman–Crippen LogP) is 0.572. The number of benzene rings is 1. The Labute approximate surface area is 129 Å². The quantitative estimate of drug-likeness (QED) is 0.746. The van der Waals surface area contributed by atoms with Crippen LogP contribution >= 0.6 is 12.4 Å². The lowest BCUT2D eigenvalue weighted by molar-refractivity contribution is -0.134. The maximum absolute atomic E-state index is 13.0. The van der Waals surface area contributed by atoms with Crippen LogP contribution in [0.5, 0.6) is 0 Å². The van der Waals surface area contributed by atoms with Crippen LogP contribution in [0.15, 0.2) is 24.3 Å². The summed E-state index contributed by atoms with van der Waals surface area (Å²) in [6, 6.07) is 6.24. The van der Waals surface area contributed by atoms with Gasteiger partial charge in [0.2, 0.25) is 5.91 Å². The fraction of sp³-hybridized carbons (Fsp3) is 0.500. The largest absolute Gasteiger partial charge is 0.341 e. The highest BCUT2D eigenvalue weighted by atomic mass is 35.5. The van der Waals surface area contributed by atoms with Crippen molar-refractivity contribution >= 4 is 18.3 Å². The van der Waals surface area contributed by atoms with E-state index in [0.29, 0.717) is 13.1 Å². The second kappa shape index (κ2) is 6.70. The molecule has 2 fully saturated rings. The number of halogens is 2. The van der Waals surface area contributed by atoms with Crippen molar-refractivity contribution in [3.8, 4) is 0 Å². The summed E-state index contributed by atoms with van der Waals surface area (Å²) < 4.78 is 13.0. The van der Waals surface area contributed by atoms with Crippen molar-refractivity contribution < 1.29 is 9.18 Å². The van der Waals surface area contributed by atoms with E-state index in [-0.39, 0.29) is 42.1 Å². The third-order valence-corrected chi connectivity index (χ3v) is 4.06. The Bertz CT molecular complexity index is 498. The highest BCUT2D eigenvalue weighted by Gasteiger charge is 2.38. The molecule has 5 nitrogen and oxygen atoms in total. The lowest BCUT2D eigenvalue weighted by atomic mass is 9.94. The van der Waals surface area contributed by atoms with Crippen LogP contribution in [-0.4, -0.2) is 36.5 Å². The van der Waals surface area contributed by atoms with E-state index in [0.717, 1.165) is 18.5 Å². The van der Waals surface area contributed by atoms with Crippen LogP contribution in [0, 0.1) is 11.7 Å². The summed E-state index contributed by atoms with van der Waals surface area (Å²) in [5.74, 6) is -0.330. The minimum Gasteiger partial charge on any atom is -0.341 e. The molecule has 2 aliphatic rings. The number of hydrazine groups is 1. The fourth-order valence-electron chi connectivity index (χ4n) is 2.93. The predicted molar refractivity (Wildman–Crippen MR) is 80.2 cm³/mol. The Kier molecular flexibility index (Phi) is 5.16. The van der Waals surface area contributed by atoms with Gasteiger partial charge in [-0.05, 0) is 24.1 Å². The third-order valence-electron chi connectivity index (χ3n) is 4.06. The standard InChI is InChI=1S/C14H19FN4O.ClH/c15-10-3-1-9(2-4-10)13-12(7-17-18-13)14(20)19-6-5-11(16)8-19;/h1-4,11-13,17-18H,5-8,16H2;1H/t11-,12?,13?;/m1./s1. The van der Waals surface area contributed by atoms with Crippen molar-refractivity contribution in [1.82, 2.24) is 15.8 Å². The molecule has 2 unspecified atom stereocenters. The Morgan fingerprint density at radius 1 is 1.33 bits per heavy atom. The van der Waals surface area contributed by atoms with Gasteiger partial charge in [0.25, 0.3) is 0 Å². The molecule has 7 heteroatoms. The van der Waals surface area contributed by atoms with E-state index in [1.165, 1.54) is 12.1 Å². The van der Waals surface area contributed by atoms with Gasteiger partial charge in [-0.2, -0.15) is 0 Å². The molecule has 1 amide bonds. The number of carbonyl (C=O) groups is 1. The fourth-order valence-corrected chi connectivity index (χ4v) is 2.93.